The second-order valence-electron chi connectivity index (χ2n) is 33.4. The molecule has 0 radical (unpaired) electrons. The van der Waals surface area contributed by atoms with Crippen LogP contribution in [0, 0.1) is 23.7 Å². The van der Waals surface area contributed by atoms with Crippen LogP contribution in [0.2, 0.25) is 0 Å². The molecule has 4 aliphatic rings. The molecule has 0 saturated carbocycles. The van der Waals surface area contributed by atoms with Gasteiger partial charge in [-0.3, -0.25) is 28.8 Å². The predicted octanol–water partition coefficient (Wildman–Crippen LogP) is 17.0. The molecule has 4 heterocycles. The van der Waals surface area contributed by atoms with Crippen molar-refractivity contribution in [2.75, 3.05) is 40.6 Å². The number of carbonyl (C=O) groups excluding carboxylic acids is 9. The van der Waals surface area contributed by atoms with Crippen molar-refractivity contribution in [3.63, 3.8) is 0 Å². The van der Waals surface area contributed by atoms with Crippen molar-refractivity contribution >= 4 is 53.7 Å². The summed E-state index contributed by atoms with van der Waals surface area (Å²) in [6.45, 7) is 14.7. The van der Waals surface area contributed by atoms with Crippen LogP contribution in [0.5, 0.6) is 5.75 Å². The summed E-state index contributed by atoms with van der Waals surface area (Å²) in [7, 11) is 2.68. The summed E-state index contributed by atoms with van der Waals surface area (Å²) in [5.74, 6) is -11.8. The standard InChI is InChI=1S/C94H141NO25/c1-13-15-17-19-21-23-25-27-28-29-31-33-35-37-45-51-80(99)95-75-60-111-90-85(109-59-71-52-54-74(105-11)55-53-71)66(5)83(78(116-90)62-108-81(100)56-57-82(101)114-76(86(75)113-70(9)98)50-44-36-34-32-30-26-24-22-20-18-16-14-2)118-91-87(117-89(103)73-48-42-39-43-49-73)84(65(4)77(115-91)61-110-88(102)72-46-40-38-41-47-72)119-94(92(104)106-12)58-64(3)67(6)93(10,120-94)79(112-69(8)97)63-107-68(7)96/h38-43,46-49,52-55,64-67,75-79,83-87,90-91H,13-37,44-45,50-51,56-63H2,1-12H3,(H,95,99)/t64?,65?,66?,67-,75+,76-,77?,78+,79-,83?,84?,85?,86+,87?,90?,91?,93+,94-/m1/s1. The topological polar surface area (TPSA) is 313 Å². The molecule has 4 aliphatic heterocycles. The molecule has 3 aromatic rings. The number of rotatable bonds is 49. The fraction of sp³-hybridized carbons (Fsp3) is 0.713. The number of esters is 8. The van der Waals surface area contributed by atoms with Gasteiger partial charge < -0.3 is 81.1 Å². The highest BCUT2D eigenvalue weighted by Crippen LogP contribution is 2.50. The van der Waals surface area contributed by atoms with E-state index in [0.717, 1.165) is 64.9 Å². The van der Waals surface area contributed by atoms with Crippen LogP contribution in [0.25, 0.3) is 0 Å². The summed E-state index contributed by atoms with van der Waals surface area (Å²) in [6.07, 6.45) is 13.7. The summed E-state index contributed by atoms with van der Waals surface area (Å²) in [5, 5.41) is 3.17. The molecule has 26 heteroatoms. The van der Waals surface area contributed by atoms with Gasteiger partial charge >= 0.3 is 47.8 Å². The maximum absolute atomic E-state index is 15.1. The minimum absolute atomic E-state index is 0.0768. The minimum Gasteiger partial charge on any atom is -0.497 e. The number of fused-ring (bicyclic) bond motifs is 2. The molecule has 2 bridgehead atoms. The molecule has 1 amide bonds. The van der Waals surface area contributed by atoms with Crippen LogP contribution in [0.3, 0.4) is 0 Å². The third-order valence-electron chi connectivity index (χ3n) is 23.9. The zero-order valence-electron chi connectivity index (χ0n) is 73.7. The Labute approximate surface area is 712 Å². The molecule has 672 valence electrons. The second-order valence-corrected chi connectivity index (χ2v) is 33.4. The lowest BCUT2D eigenvalue weighted by Gasteiger charge is -2.55. The molecule has 3 aromatic carbocycles. The van der Waals surface area contributed by atoms with Crippen molar-refractivity contribution in [3.8, 4) is 5.75 Å². The van der Waals surface area contributed by atoms with Gasteiger partial charge in [0, 0.05) is 45.4 Å². The Balaban J connectivity index is 1.29. The summed E-state index contributed by atoms with van der Waals surface area (Å²) < 4.78 is 104. The average Bonchev–Trinajstić information content (AvgIpc) is 0.733. The van der Waals surface area contributed by atoms with E-state index in [1.165, 1.54) is 136 Å². The zero-order valence-corrected chi connectivity index (χ0v) is 73.7. The van der Waals surface area contributed by atoms with Crippen molar-refractivity contribution in [3.05, 3.63) is 102 Å². The highest BCUT2D eigenvalue weighted by Gasteiger charge is 2.63. The highest BCUT2D eigenvalue weighted by atomic mass is 16.8. The van der Waals surface area contributed by atoms with Gasteiger partial charge in [0.15, 0.2) is 30.9 Å². The van der Waals surface area contributed by atoms with Crippen molar-refractivity contribution < 1.29 is 119 Å². The Morgan fingerprint density at radius 1 is 0.550 bits per heavy atom. The molecule has 10 unspecified atom stereocenters. The van der Waals surface area contributed by atoms with Gasteiger partial charge in [-0.25, -0.2) is 14.4 Å². The molecular weight excluding hydrogens is 1540 g/mol. The van der Waals surface area contributed by atoms with Gasteiger partial charge in [0.05, 0.1) is 63.5 Å². The second kappa shape index (κ2) is 53.4. The Kier molecular flexibility index (Phi) is 44.3. The summed E-state index contributed by atoms with van der Waals surface area (Å²) >= 11 is 0. The number of cyclic esters (lactones) is 2. The first-order chi connectivity index (χ1) is 57.8. The van der Waals surface area contributed by atoms with E-state index in [-0.39, 0.29) is 42.9 Å². The van der Waals surface area contributed by atoms with Crippen LogP contribution in [0.15, 0.2) is 84.9 Å². The molecule has 0 spiro atoms. The van der Waals surface area contributed by atoms with Gasteiger partial charge in [-0.15, -0.1) is 0 Å². The van der Waals surface area contributed by atoms with Gasteiger partial charge in [-0.2, -0.15) is 0 Å². The molecule has 26 nitrogen and oxygen atoms in total. The molecule has 120 heavy (non-hydrogen) atoms. The van der Waals surface area contributed by atoms with Crippen LogP contribution < -0.4 is 10.1 Å². The normalized spacial score (nSPS) is 26.9. The number of benzene rings is 3. The van der Waals surface area contributed by atoms with Gasteiger partial charge in [0.2, 0.25) is 5.91 Å². The molecule has 0 aliphatic carbocycles. The number of amides is 1. The minimum atomic E-state index is -2.48. The maximum Gasteiger partial charge on any atom is 0.366 e. The number of hydrogen-bond acceptors (Lipinski definition) is 25. The van der Waals surface area contributed by atoms with Crippen LogP contribution in [0.4, 0.5) is 0 Å². The fourth-order valence-electron chi connectivity index (χ4n) is 16.6. The molecule has 18 atom stereocenters. The molecular formula is C94H141NO25. The molecule has 4 fully saturated rings. The molecule has 4 saturated heterocycles. The molecule has 1 N–H and O–H groups in total. The van der Waals surface area contributed by atoms with Crippen LogP contribution in [-0.2, 0) is 111 Å². The predicted molar refractivity (Wildman–Crippen MR) is 447 cm³/mol. The summed E-state index contributed by atoms with van der Waals surface area (Å²) in [6, 6.07) is 22.3. The van der Waals surface area contributed by atoms with Crippen molar-refractivity contribution in [1.82, 2.24) is 5.32 Å². The van der Waals surface area contributed by atoms with Gasteiger partial charge in [-0.05, 0) is 80.0 Å². The third kappa shape index (κ3) is 32.6. The fourth-order valence-corrected chi connectivity index (χ4v) is 16.6. The van der Waals surface area contributed by atoms with E-state index >= 15 is 9.59 Å². The number of hydrogen-bond donors (Lipinski definition) is 1. The number of carbonyl (C=O) groups is 9. The van der Waals surface area contributed by atoms with E-state index in [2.05, 4.69) is 19.2 Å². The van der Waals surface area contributed by atoms with Crippen molar-refractivity contribution in [2.24, 2.45) is 23.7 Å². The number of unbranched alkanes of at least 4 members (excludes halogenated alkanes) is 25. The summed E-state index contributed by atoms with van der Waals surface area (Å²) in [4.78, 5) is 127. The van der Waals surface area contributed by atoms with E-state index in [1.54, 1.807) is 88.5 Å². The number of ether oxygens (including phenoxy) is 16. The van der Waals surface area contributed by atoms with E-state index < -0.39 is 196 Å². The highest BCUT2D eigenvalue weighted by molar-refractivity contribution is 5.90. The Bertz CT molecular complexity index is 3530. The van der Waals surface area contributed by atoms with Crippen LogP contribution in [0.1, 0.15) is 301 Å². The Morgan fingerprint density at radius 2 is 1.10 bits per heavy atom. The van der Waals surface area contributed by atoms with Crippen molar-refractivity contribution in [1.29, 1.82) is 0 Å². The van der Waals surface area contributed by atoms with Crippen molar-refractivity contribution in [2.45, 2.75) is 366 Å². The van der Waals surface area contributed by atoms with Gasteiger partial charge in [-0.1, -0.05) is 251 Å². The van der Waals surface area contributed by atoms with E-state index in [9.17, 15) is 33.6 Å². The monoisotopic (exact) mass is 1680 g/mol. The molecule has 7 rings (SSSR count). The summed E-state index contributed by atoms with van der Waals surface area (Å²) in [5.41, 5.74) is -0.735. The van der Waals surface area contributed by atoms with Gasteiger partial charge in [0.1, 0.15) is 61.7 Å². The van der Waals surface area contributed by atoms with E-state index in [1.807, 2.05) is 26.0 Å². The average molecular weight is 1690 g/mol. The lowest BCUT2D eigenvalue weighted by Crippen LogP contribution is -2.68. The van der Waals surface area contributed by atoms with Gasteiger partial charge in [0.25, 0.3) is 5.79 Å². The number of nitrogens with one attached hydrogen (secondary N) is 1. The maximum atomic E-state index is 15.1. The Hall–Kier alpha value is -7.59. The van der Waals surface area contributed by atoms with Crippen LogP contribution in [-0.4, -0.2) is 179 Å². The first kappa shape index (κ1) is 99.5. The zero-order chi connectivity index (χ0) is 86.8. The van der Waals surface area contributed by atoms with E-state index in [4.69, 9.17) is 75.8 Å². The molecule has 0 aromatic heterocycles. The van der Waals surface area contributed by atoms with Crippen LogP contribution >= 0.6 is 0 Å². The lowest BCUT2D eigenvalue weighted by molar-refractivity contribution is -0.389. The Morgan fingerprint density at radius 3 is 1.64 bits per heavy atom. The number of methoxy groups -OCH3 is 2. The van der Waals surface area contributed by atoms with E-state index in [0.29, 0.717) is 24.2 Å². The quantitative estimate of drug-likeness (QED) is 0.0312. The smallest absolute Gasteiger partial charge is 0.366 e. The largest absolute Gasteiger partial charge is 0.497 e. The first-order valence-corrected chi connectivity index (χ1v) is 44.7. The first-order valence-electron chi connectivity index (χ1n) is 44.7. The lowest BCUT2D eigenvalue weighted by atomic mass is 9.72. The third-order valence-corrected chi connectivity index (χ3v) is 23.9. The SMILES string of the molecule is CCCCCCCCCCCCCCCCCC(=O)N[C@H]1COC2O[C@@H](COC(=O)CCC(=O)O[C@H](CCCCCCCCCCCCCC)[C@H]1OC(C)=O)C(OC1OC(COC(=O)c3ccccc3)C(C)C(O[C@]3(C(=O)OC)CC(C)[C@@H](C)[C@@](C)([C@@H](COC(C)=O)OC(C)=O)O3)C1OC(=O)c1ccccc1)C(C)C2OCc1ccc(OC)cc1.